The molecule has 2 fully saturated rings. The fourth-order valence-electron chi connectivity index (χ4n) is 4.50. The lowest BCUT2D eigenvalue weighted by atomic mass is 9.77. The highest BCUT2D eigenvalue weighted by molar-refractivity contribution is 6.30. The van der Waals surface area contributed by atoms with E-state index in [1.54, 1.807) is 0 Å². The number of carbonyl (C=O) groups is 2. The number of hydrogen-bond donors (Lipinski definition) is 0. The number of ether oxygens (including phenoxy) is 1. The maximum atomic E-state index is 13.2. The SMILES string of the molecule is Cc1cc(C2C(=O)OC3(CCCCC3)C2=O)c(C)cc1-c1ccc(Cl)cc1. The minimum Gasteiger partial charge on any atom is -0.450 e. The monoisotopic (exact) mass is 382 g/mol. The third-order valence-corrected chi connectivity index (χ3v) is 6.24. The lowest BCUT2D eigenvalue weighted by molar-refractivity contribution is -0.154. The summed E-state index contributed by atoms with van der Waals surface area (Å²) in [4.78, 5) is 25.8. The normalized spacial score (nSPS) is 21.5. The van der Waals surface area contributed by atoms with Crippen LogP contribution in [0.25, 0.3) is 11.1 Å². The summed E-state index contributed by atoms with van der Waals surface area (Å²) in [6.45, 7) is 3.97. The van der Waals surface area contributed by atoms with Crippen LogP contribution in [0, 0.1) is 13.8 Å². The predicted octanol–water partition coefficient (Wildman–Crippen LogP) is 5.54. The van der Waals surface area contributed by atoms with Crippen LogP contribution < -0.4 is 0 Å². The number of hydrogen-bond acceptors (Lipinski definition) is 3. The van der Waals surface area contributed by atoms with Gasteiger partial charge in [0.2, 0.25) is 0 Å². The molecule has 3 nitrogen and oxygen atoms in total. The van der Waals surface area contributed by atoms with Crippen molar-refractivity contribution in [2.24, 2.45) is 0 Å². The van der Waals surface area contributed by atoms with Gasteiger partial charge < -0.3 is 4.74 Å². The zero-order valence-electron chi connectivity index (χ0n) is 15.7. The lowest BCUT2D eigenvalue weighted by Crippen LogP contribution is -2.39. The largest absolute Gasteiger partial charge is 0.450 e. The third kappa shape index (κ3) is 3.08. The van der Waals surface area contributed by atoms with E-state index in [0.717, 1.165) is 47.1 Å². The summed E-state index contributed by atoms with van der Waals surface area (Å²) >= 11 is 6.00. The number of Topliss-reactive ketones (excluding diaryl/α,β-unsaturated/α-hetero) is 1. The third-order valence-electron chi connectivity index (χ3n) is 5.98. The van der Waals surface area contributed by atoms with Gasteiger partial charge in [-0.1, -0.05) is 42.3 Å². The van der Waals surface area contributed by atoms with Gasteiger partial charge in [0, 0.05) is 5.02 Å². The first kappa shape index (κ1) is 18.2. The first-order chi connectivity index (χ1) is 12.9. The molecule has 1 saturated carbocycles. The molecule has 2 aromatic carbocycles. The van der Waals surface area contributed by atoms with Crippen molar-refractivity contribution in [3.63, 3.8) is 0 Å². The minimum absolute atomic E-state index is 0.0473. The first-order valence-corrected chi connectivity index (χ1v) is 9.93. The van der Waals surface area contributed by atoms with Crippen LogP contribution in [0.2, 0.25) is 5.02 Å². The molecular formula is C23H23ClO3. The molecule has 0 aromatic heterocycles. The molecule has 0 N–H and O–H groups in total. The minimum atomic E-state index is -0.880. The first-order valence-electron chi connectivity index (χ1n) is 9.55. The average Bonchev–Trinajstić information content (AvgIpc) is 2.88. The Balaban J connectivity index is 1.72. The molecule has 1 unspecified atom stereocenters. The van der Waals surface area contributed by atoms with Crippen LogP contribution in [0.4, 0.5) is 0 Å². The summed E-state index contributed by atoms with van der Waals surface area (Å²) in [6.07, 6.45) is 4.31. The van der Waals surface area contributed by atoms with E-state index in [4.69, 9.17) is 16.3 Å². The smallest absolute Gasteiger partial charge is 0.322 e. The molecule has 1 aliphatic heterocycles. The van der Waals surface area contributed by atoms with Gasteiger partial charge in [-0.05, 0) is 79.5 Å². The highest BCUT2D eigenvalue weighted by Crippen LogP contribution is 2.44. The van der Waals surface area contributed by atoms with E-state index in [2.05, 4.69) is 6.07 Å². The number of carbonyl (C=O) groups excluding carboxylic acids is 2. The van der Waals surface area contributed by atoms with Gasteiger partial charge in [0.15, 0.2) is 11.4 Å². The Morgan fingerprint density at radius 2 is 1.63 bits per heavy atom. The van der Waals surface area contributed by atoms with Crippen LogP contribution in [0.1, 0.15) is 54.7 Å². The Morgan fingerprint density at radius 1 is 0.963 bits per heavy atom. The molecule has 0 amide bonds. The van der Waals surface area contributed by atoms with E-state index >= 15 is 0 Å². The van der Waals surface area contributed by atoms with Crippen molar-refractivity contribution >= 4 is 23.4 Å². The Kier molecular flexibility index (Phi) is 4.59. The van der Waals surface area contributed by atoms with Crippen molar-refractivity contribution in [1.82, 2.24) is 0 Å². The van der Waals surface area contributed by atoms with Gasteiger partial charge in [-0.25, -0.2) is 0 Å². The molecular weight excluding hydrogens is 360 g/mol. The van der Waals surface area contributed by atoms with E-state index < -0.39 is 11.5 Å². The Labute approximate surface area is 164 Å². The topological polar surface area (TPSA) is 43.4 Å². The Hall–Kier alpha value is -2.13. The maximum absolute atomic E-state index is 13.2. The van der Waals surface area contributed by atoms with E-state index in [-0.39, 0.29) is 11.8 Å². The molecule has 1 heterocycles. The van der Waals surface area contributed by atoms with E-state index in [9.17, 15) is 9.59 Å². The molecule has 1 spiro atoms. The van der Waals surface area contributed by atoms with Crippen molar-refractivity contribution in [1.29, 1.82) is 0 Å². The quantitative estimate of drug-likeness (QED) is 0.506. The molecule has 140 valence electrons. The van der Waals surface area contributed by atoms with E-state index in [1.807, 2.05) is 44.2 Å². The van der Waals surface area contributed by atoms with E-state index in [0.29, 0.717) is 17.9 Å². The van der Waals surface area contributed by atoms with Gasteiger partial charge in [-0.15, -0.1) is 0 Å². The number of aryl methyl sites for hydroxylation is 2. The molecule has 0 bridgehead atoms. The summed E-state index contributed by atoms with van der Waals surface area (Å²) in [5.41, 5.74) is 4.02. The van der Waals surface area contributed by atoms with Crippen LogP contribution in [0.3, 0.4) is 0 Å². The molecule has 1 aliphatic carbocycles. The fourth-order valence-corrected chi connectivity index (χ4v) is 4.63. The average molecular weight is 383 g/mol. The van der Waals surface area contributed by atoms with Crippen molar-refractivity contribution < 1.29 is 14.3 Å². The summed E-state index contributed by atoms with van der Waals surface area (Å²) in [5.74, 6) is -1.22. The predicted molar refractivity (Wildman–Crippen MR) is 106 cm³/mol. The summed E-state index contributed by atoms with van der Waals surface area (Å²) in [5, 5.41) is 0.696. The number of benzene rings is 2. The highest BCUT2D eigenvalue weighted by Gasteiger charge is 2.55. The molecule has 4 rings (SSSR count). The van der Waals surface area contributed by atoms with Gasteiger partial charge in [0.25, 0.3) is 0 Å². The van der Waals surface area contributed by atoms with Gasteiger partial charge in [0.1, 0.15) is 5.92 Å². The summed E-state index contributed by atoms with van der Waals surface area (Å²) in [7, 11) is 0. The van der Waals surface area contributed by atoms with Crippen molar-refractivity contribution in [2.75, 3.05) is 0 Å². The van der Waals surface area contributed by atoms with Crippen LogP contribution in [-0.2, 0) is 14.3 Å². The number of halogens is 1. The van der Waals surface area contributed by atoms with Gasteiger partial charge in [0.05, 0.1) is 0 Å². The second kappa shape index (κ2) is 6.79. The van der Waals surface area contributed by atoms with Crippen molar-refractivity contribution in [2.45, 2.75) is 57.5 Å². The second-order valence-electron chi connectivity index (χ2n) is 7.80. The molecule has 1 atom stereocenters. The molecule has 4 heteroatoms. The van der Waals surface area contributed by atoms with Gasteiger partial charge in [-0.3, -0.25) is 9.59 Å². The zero-order chi connectivity index (χ0) is 19.2. The Bertz CT molecular complexity index is 908. The van der Waals surface area contributed by atoms with Crippen molar-refractivity contribution in [3.8, 4) is 11.1 Å². The summed E-state index contributed by atoms with van der Waals surface area (Å²) < 4.78 is 5.69. The second-order valence-corrected chi connectivity index (χ2v) is 8.24. The standard InChI is InChI=1S/C23H23ClO3/c1-14-13-19(15(2)12-18(14)16-6-8-17(24)9-7-16)20-21(25)23(27-22(20)26)10-4-3-5-11-23/h6-9,12-13,20H,3-5,10-11H2,1-2H3. The Morgan fingerprint density at radius 3 is 2.30 bits per heavy atom. The van der Waals surface area contributed by atoms with Crippen LogP contribution >= 0.6 is 11.6 Å². The molecule has 0 radical (unpaired) electrons. The van der Waals surface area contributed by atoms with E-state index in [1.165, 1.54) is 0 Å². The fraction of sp³-hybridized carbons (Fsp3) is 0.391. The summed E-state index contributed by atoms with van der Waals surface area (Å²) in [6, 6.07) is 11.7. The molecule has 2 aliphatic rings. The number of esters is 1. The lowest BCUT2D eigenvalue weighted by Gasteiger charge is -2.30. The van der Waals surface area contributed by atoms with Crippen LogP contribution in [0.5, 0.6) is 0 Å². The van der Waals surface area contributed by atoms with Gasteiger partial charge in [-0.2, -0.15) is 0 Å². The molecule has 1 saturated heterocycles. The highest BCUT2D eigenvalue weighted by atomic mass is 35.5. The van der Waals surface area contributed by atoms with Crippen LogP contribution in [0.15, 0.2) is 36.4 Å². The van der Waals surface area contributed by atoms with Gasteiger partial charge >= 0.3 is 5.97 Å². The number of ketones is 1. The molecule has 27 heavy (non-hydrogen) atoms. The van der Waals surface area contributed by atoms with Crippen LogP contribution in [-0.4, -0.2) is 17.4 Å². The maximum Gasteiger partial charge on any atom is 0.322 e. The molecule has 2 aromatic rings. The van der Waals surface area contributed by atoms with Crippen molar-refractivity contribution in [3.05, 3.63) is 58.1 Å². The zero-order valence-corrected chi connectivity index (χ0v) is 16.4. The number of rotatable bonds is 2.